The summed E-state index contributed by atoms with van der Waals surface area (Å²) in [6.07, 6.45) is 0.992. The summed E-state index contributed by atoms with van der Waals surface area (Å²) < 4.78 is 1.12. The minimum absolute atomic E-state index is 0.885. The fraction of sp³-hybridized carbons (Fsp3) is 0.333. The maximum absolute atomic E-state index is 5.50. The van der Waals surface area contributed by atoms with E-state index in [0.29, 0.717) is 0 Å². The highest BCUT2D eigenvalue weighted by molar-refractivity contribution is 9.10. The Hall–Kier alpha value is -0.380. The zero-order valence-electron chi connectivity index (χ0n) is 7.13. The van der Waals surface area contributed by atoms with Crippen LogP contribution in [0, 0.1) is 0 Å². The molecule has 0 saturated carbocycles. The number of benzene rings is 1. The van der Waals surface area contributed by atoms with Crippen molar-refractivity contribution < 1.29 is 0 Å². The lowest BCUT2D eigenvalue weighted by Crippen LogP contribution is -2.28. The molecule has 2 N–H and O–H groups in total. The van der Waals surface area contributed by atoms with Gasteiger partial charge in [0.2, 0.25) is 0 Å². The van der Waals surface area contributed by atoms with Crippen molar-refractivity contribution in [2.45, 2.75) is 6.42 Å². The Morgan fingerprint density at radius 2 is 2.25 bits per heavy atom. The molecule has 1 rings (SSSR count). The van der Waals surface area contributed by atoms with E-state index in [1.807, 2.05) is 19.2 Å². The molecular weight excluding hydrogens is 216 g/mol. The Balaban J connectivity index is 2.52. The van der Waals surface area contributed by atoms with Gasteiger partial charge in [0.1, 0.15) is 0 Å². The summed E-state index contributed by atoms with van der Waals surface area (Å²) in [6, 6.07) is 8.28. The molecule has 0 heterocycles. The molecule has 0 saturated heterocycles. The fourth-order valence-corrected chi connectivity index (χ4v) is 1.44. The Labute approximate surface area is 81.5 Å². The second kappa shape index (κ2) is 4.60. The van der Waals surface area contributed by atoms with Gasteiger partial charge < -0.3 is 0 Å². The molecule has 0 aromatic heterocycles. The van der Waals surface area contributed by atoms with Gasteiger partial charge >= 0.3 is 0 Å². The zero-order valence-corrected chi connectivity index (χ0v) is 8.71. The number of hydrogen-bond donors (Lipinski definition) is 1. The van der Waals surface area contributed by atoms with Crippen molar-refractivity contribution in [2.24, 2.45) is 5.84 Å². The minimum Gasteiger partial charge on any atom is -0.269 e. The van der Waals surface area contributed by atoms with E-state index in [9.17, 15) is 0 Å². The number of rotatable bonds is 3. The highest BCUT2D eigenvalue weighted by Gasteiger charge is 1.94. The summed E-state index contributed by atoms with van der Waals surface area (Å²) in [4.78, 5) is 0. The highest BCUT2D eigenvalue weighted by atomic mass is 79.9. The van der Waals surface area contributed by atoms with E-state index in [4.69, 9.17) is 5.84 Å². The van der Waals surface area contributed by atoms with Crippen molar-refractivity contribution in [1.29, 1.82) is 0 Å². The van der Waals surface area contributed by atoms with Crippen LogP contribution in [0.25, 0.3) is 0 Å². The first-order valence-corrected chi connectivity index (χ1v) is 4.68. The summed E-state index contributed by atoms with van der Waals surface area (Å²) in [7, 11) is 1.87. The van der Waals surface area contributed by atoms with Crippen LogP contribution in [0.1, 0.15) is 5.56 Å². The molecule has 0 atom stereocenters. The average Bonchev–Trinajstić information content (AvgIpc) is 2.01. The number of likely N-dealkylation sites (N-methyl/N-ethyl adjacent to an activating group) is 1. The topological polar surface area (TPSA) is 29.3 Å². The van der Waals surface area contributed by atoms with Gasteiger partial charge in [-0.1, -0.05) is 28.1 Å². The molecule has 12 heavy (non-hydrogen) atoms. The maximum Gasteiger partial charge on any atom is 0.0178 e. The lowest BCUT2D eigenvalue weighted by molar-refractivity contribution is 0.354. The molecule has 0 radical (unpaired) electrons. The third-order valence-corrected chi connectivity index (χ3v) is 2.14. The van der Waals surface area contributed by atoms with Gasteiger partial charge in [0.05, 0.1) is 0 Å². The first kappa shape index (κ1) is 9.71. The highest BCUT2D eigenvalue weighted by Crippen LogP contribution is 2.11. The van der Waals surface area contributed by atoms with Gasteiger partial charge in [0.15, 0.2) is 0 Å². The normalized spacial score (nSPS) is 10.7. The number of hydrogen-bond acceptors (Lipinski definition) is 2. The van der Waals surface area contributed by atoms with Crippen molar-refractivity contribution in [2.75, 3.05) is 13.6 Å². The largest absolute Gasteiger partial charge is 0.269 e. The molecule has 2 nitrogen and oxygen atoms in total. The van der Waals surface area contributed by atoms with E-state index in [2.05, 4.69) is 28.1 Å². The Morgan fingerprint density at radius 1 is 1.50 bits per heavy atom. The van der Waals surface area contributed by atoms with E-state index >= 15 is 0 Å². The number of nitrogens with two attached hydrogens (primary N) is 1. The minimum atomic E-state index is 0.885. The molecule has 0 bridgehead atoms. The van der Waals surface area contributed by atoms with Crippen molar-refractivity contribution in [3.8, 4) is 0 Å². The van der Waals surface area contributed by atoms with Crippen LogP contribution in [-0.4, -0.2) is 18.6 Å². The molecule has 0 unspecified atom stereocenters. The third-order valence-electron chi connectivity index (χ3n) is 1.64. The second-order valence-corrected chi connectivity index (χ2v) is 3.78. The van der Waals surface area contributed by atoms with Crippen LogP contribution in [0.3, 0.4) is 0 Å². The zero-order chi connectivity index (χ0) is 8.97. The number of nitrogens with zero attached hydrogens (tertiary/aromatic N) is 1. The van der Waals surface area contributed by atoms with E-state index in [0.717, 1.165) is 17.4 Å². The van der Waals surface area contributed by atoms with Crippen LogP contribution < -0.4 is 5.84 Å². The van der Waals surface area contributed by atoms with Gasteiger partial charge in [0.25, 0.3) is 0 Å². The molecule has 1 aromatic carbocycles. The Kier molecular flexibility index (Phi) is 3.72. The van der Waals surface area contributed by atoms with Crippen molar-refractivity contribution in [1.82, 2.24) is 5.01 Å². The van der Waals surface area contributed by atoms with Crippen LogP contribution in [-0.2, 0) is 6.42 Å². The summed E-state index contributed by atoms with van der Waals surface area (Å²) in [5, 5.41) is 1.70. The molecule has 0 spiro atoms. The van der Waals surface area contributed by atoms with E-state index in [1.54, 1.807) is 5.01 Å². The number of halogens is 1. The molecule has 0 aliphatic carbocycles. The predicted molar refractivity (Wildman–Crippen MR) is 54.7 cm³/mol. The SMILES string of the molecule is CN(N)CCc1cccc(Br)c1. The summed E-state index contributed by atoms with van der Waals surface area (Å²) in [5.41, 5.74) is 1.31. The van der Waals surface area contributed by atoms with Crippen molar-refractivity contribution in [3.63, 3.8) is 0 Å². The van der Waals surface area contributed by atoms with Crippen LogP contribution >= 0.6 is 15.9 Å². The standard InChI is InChI=1S/C9H13BrN2/c1-12(11)6-5-8-3-2-4-9(10)7-8/h2-4,7H,5-6,11H2,1H3. The maximum atomic E-state index is 5.50. The van der Waals surface area contributed by atoms with Crippen LogP contribution in [0.4, 0.5) is 0 Å². The summed E-state index contributed by atoms with van der Waals surface area (Å²) in [6.45, 7) is 0.885. The fourth-order valence-electron chi connectivity index (χ4n) is 0.998. The quantitative estimate of drug-likeness (QED) is 0.632. The molecular formula is C9H13BrN2. The van der Waals surface area contributed by atoms with Gasteiger partial charge in [-0.05, 0) is 24.1 Å². The molecule has 0 aliphatic rings. The average molecular weight is 229 g/mol. The van der Waals surface area contributed by atoms with Gasteiger partial charge in [0, 0.05) is 18.1 Å². The molecule has 0 aliphatic heterocycles. The molecule has 0 fully saturated rings. The van der Waals surface area contributed by atoms with Gasteiger partial charge in [-0.25, -0.2) is 5.01 Å². The van der Waals surface area contributed by atoms with Gasteiger partial charge in [-0.15, -0.1) is 0 Å². The van der Waals surface area contributed by atoms with Gasteiger partial charge in [-0.2, -0.15) is 0 Å². The van der Waals surface area contributed by atoms with Crippen molar-refractivity contribution in [3.05, 3.63) is 34.3 Å². The van der Waals surface area contributed by atoms with Crippen molar-refractivity contribution >= 4 is 15.9 Å². The van der Waals surface area contributed by atoms with Crippen LogP contribution in [0.15, 0.2) is 28.7 Å². The number of hydrazine groups is 1. The van der Waals surface area contributed by atoms with E-state index in [1.165, 1.54) is 5.56 Å². The summed E-state index contributed by atoms with van der Waals surface area (Å²) >= 11 is 3.42. The lowest BCUT2D eigenvalue weighted by Gasteiger charge is -2.08. The summed E-state index contributed by atoms with van der Waals surface area (Å²) in [5.74, 6) is 5.50. The van der Waals surface area contributed by atoms with Crippen LogP contribution in [0.5, 0.6) is 0 Å². The lowest BCUT2D eigenvalue weighted by atomic mass is 10.1. The van der Waals surface area contributed by atoms with Crippen LogP contribution in [0.2, 0.25) is 0 Å². The molecule has 3 heteroatoms. The smallest absolute Gasteiger partial charge is 0.0178 e. The molecule has 0 amide bonds. The second-order valence-electron chi connectivity index (χ2n) is 2.86. The third kappa shape index (κ3) is 3.34. The van der Waals surface area contributed by atoms with E-state index in [-0.39, 0.29) is 0 Å². The first-order chi connectivity index (χ1) is 5.68. The first-order valence-electron chi connectivity index (χ1n) is 3.89. The Bertz CT molecular complexity index is 248. The monoisotopic (exact) mass is 228 g/mol. The van der Waals surface area contributed by atoms with E-state index < -0.39 is 0 Å². The molecule has 1 aromatic rings. The Morgan fingerprint density at radius 3 is 2.83 bits per heavy atom. The van der Waals surface area contributed by atoms with Gasteiger partial charge in [-0.3, -0.25) is 5.84 Å². The molecule has 66 valence electrons. The predicted octanol–water partition coefficient (Wildman–Crippen LogP) is 1.80.